The fourth-order valence-corrected chi connectivity index (χ4v) is 5.18. The highest BCUT2D eigenvalue weighted by atomic mass is 19.2. The Hall–Kier alpha value is -1.96. The Labute approximate surface area is 174 Å². The maximum absolute atomic E-state index is 14.0. The van der Waals surface area contributed by atoms with Crippen LogP contribution >= 0.6 is 0 Å². The molecule has 0 aromatic heterocycles. The summed E-state index contributed by atoms with van der Waals surface area (Å²) in [6.45, 7) is 2.28. The van der Waals surface area contributed by atoms with Crippen LogP contribution in [-0.4, -0.2) is 0 Å². The number of halogens is 2. The average molecular weight is 395 g/mol. The van der Waals surface area contributed by atoms with Crippen molar-refractivity contribution >= 4 is 5.57 Å². The highest BCUT2D eigenvalue weighted by molar-refractivity contribution is 5.70. The second kappa shape index (κ2) is 9.24. The minimum absolute atomic E-state index is 0.470. The lowest BCUT2D eigenvalue weighted by atomic mass is 9.76. The molecule has 154 valence electrons. The van der Waals surface area contributed by atoms with Crippen molar-refractivity contribution in [1.29, 1.82) is 0 Å². The Morgan fingerprint density at radius 3 is 2.38 bits per heavy atom. The molecule has 2 heteroatoms. The molecule has 0 bridgehead atoms. The lowest BCUT2D eigenvalue weighted by Crippen LogP contribution is -2.13. The third-order valence-electron chi connectivity index (χ3n) is 7.04. The molecule has 0 aliphatic heterocycles. The molecule has 29 heavy (non-hydrogen) atoms. The van der Waals surface area contributed by atoms with Gasteiger partial charge in [0.05, 0.1) is 0 Å². The second-order valence-corrected chi connectivity index (χ2v) is 8.94. The summed E-state index contributed by atoms with van der Waals surface area (Å²) >= 11 is 0. The lowest BCUT2D eigenvalue weighted by Gasteiger charge is -2.29. The molecular weight excluding hydrogens is 362 g/mol. The van der Waals surface area contributed by atoms with Crippen molar-refractivity contribution in [2.75, 3.05) is 0 Å². The first kappa shape index (κ1) is 20.3. The molecule has 0 atom stereocenters. The number of unbranched alkanes of at least 4 members (excludes halogenated alkanes) is 2. The smallest absolute Gasteiger partial charge is 0.162 e. The molecule has 0 amide bonds. The van der Waals surface area contributed by atoms with E-state index in [1.807, 2.05) is 0 Å². The summed E-state index contributed by atoms with van der Waals surface area (Å²) in [5.74, 6) is 0.211. The molecule has 0 saturated heterocycles. The van der Waals surface area contributed by atoms with E-state index in [9.17, 15) is 8.78 Å². The molecule has 0 radical (unpaired) electrons. The van der Waals surface area contributed by atoms with E-state index in [1.54, 1.807) is 6.07 Å². The van der Waals surface area contributed by atoms with Crippen molar-refractivity contribution in [1.82, 2.24) is 0 Å². The van der Waals surface area contributed by atoms with E-state index in [1.165, 1.54) is 74.1 Å². The molecule has 0 N–H and O–H groups in total. The monoisotopic (exact) mass is 394 g/mol. The SMILES string of the molecule is CCCCCC1CCC(c2ccc(C3=CCc4c(ccc(F)c4F)C3)cc2)CC1. The Balaban J connectivity index is 1.37. The fourth-order valence-electron chi connectivity index (χ4n) is 5.18. The molecule has 2 aromatic carbocycles. The molecule has 0 nitrogen and oxygen atoms in total. The maximum Gasteiger partial charge on any atom is 0.162 e. The van der Waals surface area contributed by atoms with Crippen LogP contribution in [0.5, 0.6) is 0 Å². The Bertz CT molecular complexity index is 855. The van der Waals surface area contributed by atoms with Crippen LogP contribution in [0, 0.1) is 17.6 Å². The van der Waals surface area contributed by atoms with Crippen LogP contribution in [0.15, 0.2) is 42.5 Å². The van der Waals surface area contributed by atoms with Gasteiger partial charge in [0.2, 0.25) is 0 Å². The largest absolute Gasteiger partial charge is 0.204 e. The van der Waals surface area contributed by atoms with E-state index in [-0.39, 0.29) is 0 Å². The summed E-state index contributed by atoms with van der Waals surface area (Å²) in [7, 11) is 0. The van der Waals surface area contributed by atoms with Crippen molar-refractivity contribution in [3.63, 3.8) is 0 Å². The average Bonchev–Trinajstić information content (AvgIpc) is 2.77. The van der Waals surface area contributed by atoms with E-state index in [4.69, 9.17) is 0 Å². The molecule has 2 aliphatic rings. The zero-order chi connectivity index (χ0) is 20.2. The van der Waals surface area contributed by atoms with Crippen LogP contribution in [0.2, 0.25) is 0 Å². The van der Waals surface area contributed by atoms with Gasteiger partial charge in [0, 0.05) is 0 Å². The summed E-state index contributed by atoms with van der Waals surface area (Å²) < 4.78 is 27.4. The summed E-state index contributed by atoms with van der Waals surface area (Å²) in [6.07, 6.45) is 14.1. The standard InChI is InChI=1S/C27H32F2/c1-2-3-4-5-19-6-8-20(9-7-19)21-10-12-22(13-11-21)23-14-16-25-24(18-23)15-17-26(28)27(25)29/h10-15,17,19-20H,2-9,16,18H2,1H3. The molecular formula is C27H32F2. The zero-order valence-corrected chi connectivity index (χ0v) is 17.5. The predicted octanol–water partition coefficient (Wildman–Crippen LogP) is 8.00. The third kappa shape index (κ3) is 4.63. The van der Waals surface area contributed by atoms with Crippen molar-refractivity contribution in [2.24, 2.45) is 5.92 Å². The van der Waals surface area contributed by atoms with Gasteiger partial charge in [-0.05, 0) is 84.3 Å². The number of allylic oxidation sites excluding steroid dienone is 2. The van der Waals surface area contributed by atoms with Crippen molar-refractivity contribution in [2.45, 2.75) is 77.0 Å². The Morgan fingerprint density at radius 2 is 1.66 bits per heavy atom. The quantitative estimate of drug-likeness (QED) is 0.435. The van der Waals surface area contributed by atoms with Crippen molar-refractivity contribution in [3.05, 3.63) is 76.4 Å². The number of fused-ring (bicyclic) bond motifs is 1. The first-order chi connectivity index (χ1) is 14.2. The van der Waals surface area contributed by atoms with E-state index >= 15 is 0 Å². The normalized spacial score (nSPS) is 21.6. The van der Waals surface area contributed by atoms with Crippen LogP contribution in [0.25, 0.3) is 5.57 Å². The lowest BCUT2D eigenvalue weighted by molar-refractivity contribution is 0.303. The van der Waals surface area contributed by atoms with Crippen molar-refractivity contribution < 1.29 is 8.78 Å². The van der Waals surface area contributed by atoms with Gasteiger partial charge in [0.15, 0.2) is 11.6 Å². The minimum Gasteiger partial charge on any atom is -0.204 e. The fraction of sp³-hybridized carbons (Fsp3) is 0.481. The topological polar surface area (TPSA) is 0 Å². The van der Waals surface area contributed by atoms with Gasteiger partial charge in [-0.3, -0.25) is 0 Å². The molecule has 1 saturated carbocycles. The van der Waals surface area contributed by atoms with E-state index in [2.05, 4.69) is 37.3 Å². The van der Waals surface area contributed by atoms with Crippen LogP contribution in [0.4, 0.5) is 8.78 Å². The Kier molecular flexibility index (Phi) is 6.47. The van der Waals surface area contributed by atoms with Crippen LogP contribution < -0.4 is 0 Å². The van der Waals surface area contributed by atoms with Gasteiger partial charge in [-0.25, -0.2) is 8.78 Å². The first-order valence-electron chi connectivity index (χ1n) is 11.4. The van der Waals surface area contributed by atoms with Gasteiger partial charge in [-0.1, -0.05) is 69.0 Å². The number of benzene rings is 2. The second-order valence-electron chi connectivity index (χ2n) is 8.94. The molecule has 4 rings (SSSR count). The van der Waals surface area contributed by atoms with Crippen LogP contribution in [0.3, 0.4) is 0 Å². The maximum atomic E-state index is 14.0. The van der Waals surface area contributed by atoms with E-state index in [0.29, 0.717) is 24.3 Å². The summed E-state index contributed by atoms with van der Waals surface area (Å²) in [5, 5.41) is 0. The summed E-state index contributed by atoms with van der Waals surface area (Å²) in [5.41, 5.74) is 5.31. The Morgan fingerprint density at radius 1 is 0.897 bits per heavy atom. The van der Waals surface area contributed by atoms with Crippen LogP contribution in [0.1, 0.15) is 86.5 Å². The summed E-state index contributed by atoms with van der Waals surface area (Å²) in [6, 6.07) is 12.0. The highest BCUT2D eigenvalue weighted by Crippen LogP contribution is 2.38. The molecule has 0 heterocycles. The number of hydrogen-bond acceptors (Lipinski definition) is 0. The molecule has 1 fully saturated rings. The summed E-state index contributed by atoms with van der Waals surface area (Å²) in [4.78, 5) is 0. The highest BCUT2D eigenvalue weighted by Gasteiger charge is 2.23. The number of hydrogen-bond donors (Lipinski definition) is 0. The van der Waals surface area contributed by atoms with E-state index in [0.717, 1.165) is 11.5 Å². The van der Waals surface area contributed by atoms with E-state index < -0.39 is 11.6 Å². The predicted molar refractivity (Wildman–Crippen MR) is 117 cm³/mol. The molecule has 2 aliphatic carbocycles. The van der Waals surface area contributed by atoms with Gasteiger partial charge < -0.3 is 0 Å². The molecule has 2 aromatic rings. The van der Waals surface area contributed by atoms with Gasteiger partial charge in [-0.2, -0.15) is 0 Å². The minimum atomic E-state index is -0.745. The molecule has 0 spiro atoms. The first-order valence-corrected chi connectivity index (χ1v) is 11.4. The van der Waals surface area contributed by atoms with Gasteiger partial charge in [0.1, 0.15) is 0 Å². The molecule has 0 unspecified atom stereocenters. The van der Waals surface area contributed by atoms with Crippen LogP contribution in [-0.2, 0) is 12.8 Å². The zero-order valence-electron chi connectivity index (χ0n) is 17.5. The van der Waals surface area contributed by atoms with Gasteiger partial charge in [-0.15, -0.1) is 0 Å². The van der Waals surface area contributed by atoms with Gasteiger partial charge >= 0.3 is 0 Å². The van der Waals surface area contributed by atoms with Gasteiger partial charge in [0.25, 0.3) is 0 Å². The van der Waals surface area contributed by atoms with Crippen molar-refractivity contribution in [3.8, 4) is 0 Å². The number of rotatable bonds is 6. The third-order valence-corrected chi connectivity index (χ3v) is 7.04.